The fourth-order valence-electron chi connectivity index (χ4n) is 1.55. The second-order valence-electron chi connectivity index (χ2n) is 3.35. The van der Waals surface area contributed by atoms with Crippen molar-refractivity contribution in [2.24, 2.45) is 0 Å². The molecule has 1 atom stereocenters. The van der Waals surface area contributed by atoms with E-state index in [4.69, 9.17) is 0 Å². The minimum Gasteiger partial charge on any atom is -0.336 e. The Labute approximate surface area is 96.7 Å². The van der Waals surface area contributed by atoms with Crippen LogP contribution in [-0.4, -0.2) is 32.8 Å². The van der Waals surface area contributed by atoms with Gasteiger partial charge in [-0.2, -0.15) is 0 Å². The van der Waals surface area contributed by atoms with E-state index in [2.05, 4.69) is 27.6 Å². The predicted octanol–water partition coefficient (Wildman–Crippen LogP) is 1.73. The number of aromatic nitrogens is 1. The van der Waals surface area contributed by atoms with Gasteiger partial charge < -0.3 is 4.90 Å². The van der Waals surface area contributed by atoms with Gasteiger partial charge >= 0.3 is 0 Å². The maximum Gasteiger partial charge on any atom is 0.272 e. The molecule has 2 rings (SSSR count). The van der Waals surface area contributed by atoms with E-state index in [1.807, 2.05) is 17.0 Å². The van der Waals surface area contributed by atoms with Crippen molar-refractivity contribution in [2.45, 2.75) is 10.3 Å². The van der Waals surface area contributed by atoms with E-state index in [9.17, 15) is 4.79 Å². The summed E-state index contributed by atoms with van der Waals surface area (Å²) in [5, 5.41) is 0. The molecule has 1 amide bonds. The van der Waals surface area contributed by atoms with Crippen LogP contribution < -0.4 is 0 Å². The van der Waals surface area contributed by atoms with Gasteiger partial charge in [0.2, 0.25) is 0 Å². The van der Waals surface area contributed by atoms with E-state index < -0.39 is 0 Å². The van der Waals surface area contributed by atoms with Gasteiger partial charge in [-0.25, -0.2) is 0 Å². The van der Waals surface area contributed by atoms with Crippen molar-refractivity contribution in [3.8, 4) is 0 Å². The van der Waals surface area contributed by atoms with Gasteiger partial charge in [0.1, 0.15) is 5.69 Å². The van der Waals surface area contributed by atoms with Crippen LogP contribution in [0.4, 0.5) is 0 Å². The molecule has 74 valence electrons. The van der Waals surface area contributed by atoms with Crippen LogP contribution in [0.25, 0.3) is 0 Å². The van der Waals surface area contributed by atoms with Crippen molar-refractivity contribution < 1.29 is 4.79 Å². The molecule has 0 radical (unpaired) electrons. The molecule has 2 heterocycles. The highest BCUT2D eigenvalue weighted by molar-refractivity contribution is 14.1. The minimum absolute atomic E-state index is 0.0600. The topological polar surface area (TPSA) is 33.2 Å². The molecule has 3 nitrogen and oxygen atoms in total. The zero-order valence-electron chi connectivity index (χ0n) is 7.69. The van der Waals surface area contributed by atoms with Gasteiger partial charge in [-0.1, -0.05) is 28.7 Å². The van der Waals surface area contributed by atoms with Crippen LogP contribution in [0, 0.1) is 0 Å². The van der Waals surface area contributed by atoms with Gasteiger partial charge in [-0.15, -0.1) is 0 Å². The minimum atomic E-state index is 0.0600. The second-order valence-corrected chi connectivity index (χ2v) is 5.11. The highest BCUT2D eigenvalue weighted by Crippen LogP contribution is 2.18. The smallest absolute Gasteiger partial charge is 0.272 e. The Hall–Kier alpha value is -0.650. The van der Waals surface area contributed by atoms with Crippen molar-refractivity contribution in [2.75, 3.05) is 13.1 Å². The predicted molar refractivity (Wildman–Crippen MR) is 62.6 cm³/mol. The number of carbonyl (C=O) groups excluding carboxylic acids is 1. The monoisotopic (exact) mass is 302 g/mol. The summed E-state index contributed by atoms with van der Waals surface area (Å²) in [5.74, 6) is 0.0600. The van der Waals surface area contributed by atoms with Crippen LogP contribution in [0.5, 0.6) is 0 Å². The van der Waals surface area contributed by atoms with Gasteiger partial charge in [-0.3, -0.25) is 9.78 Å². The quantitative estimate of drug-likeness (QED) is 0.585. The number of pyridine rings is 1. The number of halogens is 1. The Morgan fingerprint density at radius 3 is 3.00 bits per heavy atom. The molecule has 1 aliphatic heterocycles. The molecule has 14 heavy (non-hydrogen) atoms. The molecule has 4 heteroatoms. The van der Waals surface area contributed by atoms with E-state index >= 15 is 0 Å². The Kier molecular flexibility index (Phi) is 3.00. The first kappa shape index (κ1) is 9.89. The van der Waals surface area contributed by atoms with Gasteiger partial charge in [-0.05, 0) is 18.6 Å². The lowest BCUT2D eigenvalue weighted by Crippen LogP contribution is -2.29. The molecular formula is C10H11IN2O. The number of alkyl halides is 1. The zero-order valence-corrected chi connectivity index (χ0v) is 9.85. The fraction of sp³-hybridized carbons (Fsp3) is 0.400. The molecule has 0 aromatic carbocycles. The van der Waals surface area contributed by atoms with E-state index in [1.165, 1.54) is 0 Å². The lowest BCUT2D eigenvalue weighted by atomic mass is 10.3. The number of likely N-dealkylation sites (tertiary alicyclic amines) is 1. The average molecular weight is 302 g/mol. The summed E-state index contributed by atoms with van der Waals surface area (Å²) in [6.45, 7) is 1.72. The van der Waals surface area contributed by atoms with Crippen LogP contribution in [-0.2, 0) is 0 Å². The third-order valence-corrected chi connectivity index (χ3v) is 3.32. The van der Waals surface area contributed by atoms with E-state index in [0.29, 0.717) is 9.62 Å². The summed E-state index contributed by atoms with van der Waals surface area (Å²) in [4.78, 5) is 17.8. The summed E-state index contributed by atoms with van der Waals surface area (Å²) in [6.07, 6.45) is 2.75. The van der Waals surface area contributed by atoms with Gasteiger partial charge in [0.25, 0.3) is 5.91 Å². The lowest BCUT2D eigenvalue weighted by molar-refractivity contribution is 0.0788. The summed E-state index contributed by atoms with van der Waals surface area (Å²) >= 11 is 2.39. The van der Waals surface area contributed by atoms with Gasteiger partial charge in [0.15, 0.2) is 0 Å². The van der Waals surface area contributed by atoms with Crippen LogP contribution in [0.15, 0.2) is 24.4 Å². The van der Waals surface area contributed by atoms with Crippen LogP contribution >= 0.6 is 22.6 Å². The molecule has 0 spiro atoms. The van der Waals surface area contributed by atoms with Crippen LogP contribution in [0.2, 0.25) is 0 Å². The Morgan fingerprint density at radius 1 is 1.57 bits per heavy atom. The summed E-state index contributed by atoms with van der Waals surface area (Å²) in [6, 6.07) is 5.43. The van der Waals surface area contributed by atoms with E-state index in [-0.39, 0.29) is 5.91 Å². The number of hydrogen-bond acceptors (Lipinski definition) is 2. The van der Waals surface area contributed by atoms with Crippen molar-refractivity contribution in [3.63, 3.8) is 0 Å². The fourth-order valence-corrected chi connectivity index (χ4v) is 2.31. The standard InChI is InChI=1S/C10H11IN2O/c11-8-4-6-13(7-8)10(14)9-3-1-2-5-12-9/h1-3,5,8H,4,6-7H2. The van der Waals surface area contributed by atoms with Crippen molar-refractivity contribution in [1.82, 2.24) is 9.88 Å². The van der Waals surface area contributed by atoms with E-state index in [0.717, 1.165) is 19.5 Å². The zero-order chi connectivity index (χ0) is 9.97. The molecule has 0 aliphatic carbocycles. The molecule has 0 N–H and O–H groups in total. The summed E-state index contributed by atoms with van der Waals surface area (Å²) < 4.78 is 0.597. The van der Waals surface area contributed by atoms with Gasteiger partial charge in [0.05, 0.1) is 0 Å². The SMILES string of the molecule is O=C(c1ccccn1)N1CCC(I)C1. The molecule has 0 saturated carbocycles. The molecule has 1 fully saturated rings. The molecule has 1 unspecified atom stereocenters. The summed E-state index contributed by atoms with van der Waals surface area (Å²) in [5.41, 5.74) is 0.554. The maximum absolute atomic E-state index is 11.9. The first-order valence-corrected chi connectivity index (χ1v) is 5.86. The molecule has 1 aromatic rings. The summed E-state index contributed by atoms with van der Waals surface area (Å²) in [7, 11) is 0. The number of hydrogen-bond donors (Lipinski definition) is 0. The first-order chi connectivity index (χ1) is 6.77. The third-order valence-electron chi connectivity index (χ3n) is 2.30. The first-order valence-electron chi connectivity index (χ1n) is 4.62. The highest BCUT2D eigenvalue weighted by atomic mass is 127. The third kappa shape index (κ3) is 2.05. The highest BCUT2D eigenvalue weighted by Gasteiger charge is 2.25. The molecule has 1 aromatic heterocycles. The van der Waals surface area contributed by atoms with Crippen molar-refractivity contribution in [3.05, 3.63) is 30.1 Å². The Morgan fingerprint density at radius 2 is 2.43 bits per heavy atom. The largest absolute Gasteiger partial charge is 0.336 e. The Balaban J connectivity index is 2.10. The maximum atomic E-state index is 11.9. The molecular weight excluding hydrogens is 291 g/mol. The van der Waals surface area contributed by atoms with E-state index in [1.54, 1.807) is 12.3 Å². The number of amides is 1. The lowest BCUT2D eigenvalue weighted by Gasteiger charge is -2.14. The molecule has 1 aliphatic rings. The van der Waals surface area contributed by atoms with Crippen LogP contribution in [0.1, 0.15) is 16.9 Å². The average Bonchev–Trinajstić information content (AvgIpc) is 2.65. The molecule has 0 bridgehead atoms. The van der Waals surface area contributed by atoms with Crippen molar-refractivity contribution >= 4 is 28.5 Å². The number of rotatable bonds is 1. The van der Waals surface area contributed by atoms with Gasteiger partial charge in [0, 0.05) is 23.2 Å². The number of carbonyl (C=O) groups is 1. The Bertz CT molecular complexity index is 328. The number of nitrogens with zero attached hydrogens (tertiary/aromatic N) is 2. The van der Waals surface area contributed by atoms with Crippen LogP contribution in [0.3, 0.4) is 0 Å². The second kappa shape index (κ2) is 4.25. The molecule has 1 saturated heterocycles. The normalized spacial score (nSPS) is 21.2. The van der Waals surface area contributed by atoms with Crippen molar-refractivity contribution in [1.29, 1.82) is 0 Å².